The van der Waals surface area contributed by atoms with Crippen molar-refractivity contribution in [2.24, 2.45) is 5.92 Å². The summed E-state index contributed by atoms with van der Waals surface area (Å²) >= 11 is 0. The Morgan fingerprint density at radius 3 is 2.62 bits per heavy atom. The lowest BCUT2D eigenvalue weighted by Crippen LogP contribution is -2.40. The third-order valence-electron chi connectivity index (χ3n) is 7.15. The molecule has 192 valence electrons. The molecule has 0 radical (unpaired) electrons. The fourth-order valence-electron chi connectivity index (χ4n) is 5.17. The van der Waals surface area contributed by atoms with E-state index in [0.29, 0.717) is 23.3 Å². The molecule has 1 fully saturated rings. The van der Waals surface area contributed by atoms with Crippen molar-refractivity contribution in [2.75, 3.05) is 35.7 Å². The summed E-state index contributed by atoms with van der Waals surface area (Å²) in [7, 11) is 1.52. The molecule has 2 aromatic carbocycles. The van der Waals surface area contributed by atoms with Crippen molar-refractivity contribution in [1.29, 1.82) is 0 Å². The quantitative estimate of drug-likeness (QED) is 0.475. The number of aryl methyl sites for hydroxylation is 1. The van der Waals surface area contributed by atoms with E-state index in [4.69, 9.17) is 4.74 Å². The Balaban J connectivity index is 1.33. The van der Waals surface area contributed by atoms with Crippen molar-refractivity contribution >= 4 is 29.3 Å². The van der Waals surface area contributed by atoms with Gasteiger partial charge in [-0.3, -0.25) is 19.4 Å². The Morgan fingerprint density at radius 1 is 1.14 bits per heavy atom. The molecule has 9 heteroatoms. The second kappa shape index (κ2) is 10.5. The zero-order valence-electron chi connectivity index (χ0n) is 21.0. The van der Waals surface area contributed by atoms with Crippen molar-refractivity contribution in [3.63, 3.8) is 0 Å². The van der Waals surface area contributed by atoms with Crippen LogP contribution in [0.1, 0.15) is 41.9 Å². The monoisotopic (exact) mass is 501 g/mol. The van der Waals surface area contributed by atoms with Gasteiger partial charge >= 0.3 is 0 Å². The number of methoxy groups -OCH3 is 1. The Labute approximate surface area is 215 Å². The number of ether oxygens (including phenoxy) is 1. The number of carbonyl (C=O) groups excluding carboxylic acids is 2. The number of aromatic nitrogens is 2. The highest BCUT2D eigenvalue weighted by molar-refractivity contribution is 6.05. The van der Waals surface area contributed by atoms with E-state index in [1.54, 1.807) is 12.1 Å². The van der Waals surface area contributed by atoms with E-state index in [-0.39, 0.29) is 23.7 Å². The van der Waals surface area contributed by atoms with Gasteiger partial charge < -0.3 is 20.3 Å². The van der Waals surface area contributed by atoms with E-state index in [9.17, 15) is 14.4 Å². The fraction of sp³-hybridized carbons (Fsp3) is 0.357. The molecule has 9 nitrogen and oxygen atoms in total. The van der Waals surface area contributed by atoms with Crippen LogP contribution in [0.25, 0.3) is 0 Å². The predicted molar refractivity (Wildman–Crippen MR) is 142 cm³/mol. The Bertz CT molecular complexity index is 1360. The van der Waals surface area contributed by atoms with Crippen LogP contribution in [0.3, 0.4) is 0 Å². The smallest absolute Gasteiger partial charge is 0.258 e. The Hall–Kier alpha value is -4.14. The number of fused-ring (bicyclic) bond motifs is 1. The largest absolute Gasteiger partial charge is 0.495 e. The topological polar surface area (TPSA) is 116 Å². The lowest BCUT2D eigenvalue weighted by Gasteiger charge is -2.33. The highest BCUT2D eigenvalue weighted by Crippen LogP contribution is 2.33. The van der Waals surface area contributed by atoms with Gasteiger partial charge in [0.1, 0.15) is 11.6 Å². The number of benzene rings is 2. The lowest BCUT2D eigenvalue weighted by molar-refractivity contribution is -0.123. The van der Waals surface area contributed by atoms with Crippen LogP contribution in [0.5, 0.6) is 5.75 Å². The molecule has 0 spiro atoms. The number of H-pyrrole nitrogens is 1. The molecule has 1 atom stereocenters. The molecule has 1 saturated heterocycles. The maximum atomic E-state index is 13.2. The van der Waals surface area contributed by atoms with Gasteiger partial charge in [-0.05, 0) is 55.4 Å². The first-order valence-electron chi connectivity index (χ1n) is 12.6. The van der Waals surface area contributed by atoms with Crippen molar-refractivity contribution in [2.45, 2.75) is 38.5 Å². The van der Waals surface area contributed by atoms with Crippen LogP contribution in [0.4, 0.5) is 17.5 Å². The highest BCUT2D eigenvalue weighted by atomic mass is 16.5. The second-order valence-corrected chi connectivity index (χ2v) is 9.77. The summed E-state index contributed by atoms with van der Waals surface area (Å²) in [5.74, 6) is -0.139. The van der Waals surface area contributed by atoms with E-state index in [0.717, 1.165) is 37.9 Å². The normalized spacial score (nSPS) is 17.6. The summed E-state index contributed by atoms with van der Waals surface area (Å²) in [5.41, 5.74) is 2.51. The molecule has 0 bridgehead atoms. The van der Waals surface area contributed by atoms with Crippen LogP contribution in [-0.4, -0.2) is 42.0 Å². The molecular formula is C28H31N5O4. The van der Waals surface area contributed by atoms with E-state index >= 15 is 0 Å². The van der Waals surface area contributed by atoms with Gasteiger partial charge in [0.25, 0.3) is 5.56 Å². The van der Waals surface area contributed by atoms with Gasteiger partial charge in [0.15, 0.2) is 0 Å². The molecule has 3 N–H and O–H groups in total. The molecule has 2 amide bonds. The zero-order valence-corrected chi connectivity index (χ0v) is 21.0. The standard InChI is InChI=1S/C28H31N5O4/c1-17-8-9-22(37-2)21(14-17)29-26(35)20-16-23(34)30-25-24(20)27(36)32-28(31-25)33-12-10-19(11-13-33)15-18-6-4-3-5-7-18/h3-9,14,19-20H,10-13,15-16H2,1-2H3,(H,29,35)(H2,30,31,32,34,36)/t20-/m0/s1. The number of hydrogen-bond donors (Lipinski definition) is 3. The average Bonchev–Trinajstić information content (AvgIpc) is 2.89. The van der Waals surface area contributed by atoms with Gasteiger partial charge in [-0.1, -0.05) is 36.4 Å². The third kappa shape index (κ3) is 5.35. The Morgan fingerprint density at radius 2 is 1.89 bits per heavy atom. The molecular weight excluding hydrogens is 470 g/mol. The second-order valence-electron chi connectivity index (χ2n) is 9.77. The first kappa shape index (κ1) is 24.5. The molecule has 2 aliphatic heterocycles. The zero-order chi connectivity index (χ0) is 25.9. The molecule has 3 aromatic rings. The van der Waals surface area contributed by atoms with Crippen LogP contribution in [0, 0.1) is 12.8 Å². The van der Waals surface area contributed by atoms with E-state index in [2.05, 4.69) is 44.9 Å². The van der Waals surface area contributed by atoms with Gasteiger partial charge in [0.05, 0.1) is 24.3 Å². The summed E-state index contributed by atoms with van der Waals surface area (Å²) in [4.78, 5) is 48.4. The van der Waals surface area contributed by atoms with Crippen LogP contribution in [-0.2, 0) is 16.0 Å². The molecule has 0 aliphatic carbocycles. The summed E-state index contributed by atoms with van der Waals surface area (Å²) < 4.78 is 5.35. The van der Waals surface area contributed by atoms with Gasteiger partial charge in [0, 0.05) is 19.5 Å². The minimum Gasteiger partial charge on any atom is -0.495 e. The van der Waals surface area contributed by atoms with Gasteiger partial charge in [-0.25, -0.2) is 0 Å². The molecule has 37 heavy (non-hydrogen) atoms. The first-order valence-corrected chi connectivity index (χ1v) is 12.6. The number of anilines is 3. The lowest BCUT2D eigenvalue weighted by atomic mass is 9.90. The number of amides is 2. The van der Waals surface area contributed by atoms with Crippen LogP contribution >= 0.6 is 0 Å². The van der Waals surface area contributed by atoms with E-state index in [1.165, 1.54) is 12.7 Å². The Kier molecular flexibility index (Phi) is 6.94. The van der Waals surface area contributed by atoms with Gasteiger partial charge in [0.2, 0.25) is 17.8 Å². The van der Waals surface area contributed by atoms with Crippen molar-refractivity contribution in [1.82, 2.24) is 9.97 Å². The van der Waals surface area contributed by atoms with E-state index < -0.39 is 17.4 Å². The summed E-state index contributed by atoms with van der Waals surface area (Å²) in [6.07, 6.45) is 2.85. The van der Waals surface area contributed by atoms with Gasteiger partial charge in [-0.2, -0.15) is 4.98 Å². The summed E-state index contributed by atoms with van der Waals surface area (Å²) in [5, 5.41) is 5.53. The van der Waals surface area contributed by atoms with Crippen LogP contribution in [0.2, 0.25) is 0 Å². The summed E-state index contributed by atoms with van der Waals surface area (Å²) in [6.45, 7) is 3.41. The minimum atomic E-state index is -0.962. The number of hydrogen-bond acceptors (Lipinski definition) is 6. The van der Waals surface area contributed by atoms with Crippen molar-refractivity contribution in [3.8, 4) is 5.75 Å². The maximum Gasteiger partial charge on any atom is 0.258 e. The molecule has 0 saturated carbocycles. The van der Waals surface area contributed by atoms with E-state index in [1.807, 2.05) is 24.0 Å². The van der Waals surface area contributed by atoms with Crippen LogP contribution < -0.4 is 25.8 Å². The molecule has 3 heterocycles. The van der Waals surface area contributed by atoms with Gasteiger partial charge in [-0.15, -0.1) is 0 Å². The molecule has 2 aliphatic rings. The third-order valence-corrected chi connectivity index (χ3v) is 7.15. The fourth-order valence-corrected chi connectivity index (χ4v) is 5.17. The number of nitrogens with one attached hydrogen (secondary N) is 3. The van der Waals surface area contributed by atoms with Crippen molar-refractivity contribution in [3.05, 3.63) is 75.6 Å². The minimum absolute atomic E-state index is 0.137. The number of aromatic amines is 1. The average molecular weight is 502 g/mol. The SMILES string of the molecule is COc1ccc(C)cc1NC(=O)[C@H]1CC(=O)Nc2nc(N3CCC(Cc4ccccc4)CC3)[nH]c(=O)c21. The first-order chi connectivity index (χ1) is 17.9. The number of nitrogens with zero attached hydrogens (tertiary/aromatic N) is 2. The number of piperidine rings is 1. The van der Waals surface area contributed by atoms with Crippen LogP contribution in [0.15, 0.2) is 53.3 Å². The highest BCUT2D eigenvalue weighted by Gasteiger charge is 2.35. The summed E-state index contributed by atoms with van der Waals surface area (Å²) in [6, 6.07) is 15.9. The molecule has 0 unspecified atom stereocenters. The number of rotatable bonds is 6. The maximum absolute atomic E-state index is 13.2. The molecule has 5 rings (SSSR count). The number of carbonyl (C=O) groups is 2. The predicted octanol–water partition coefficient (Wildman–Crippen LogP) is 3.61. The van der Waals surface area contributed by atoms with Crippen molar-refractivity contribution < 1.29 is 14.3 Å². The molecule has 1 aromatic heterocycles.